The van der Waals surface area contributed by atoms with Gasteiger partial charge in [-0.05, 0) is 55.8 Å². The molecule has 3 aliphatic heterocycles. The highest BCUT2D eigenvalue weighted by Gasteiger charge is 2.46. The van der Waals surface area contributed by atoms with Crippen LogP contribution in [0.15, 0.2) is 23.1 Å². The van der Waals surface area contributed by atoms with Crippen molar-refractivity contribution in [1.82, 2.24) is 9.21 Å². The largest absolute Gasteiger partial charge is 0.390 e. The predicted octanol–water partition coefficient (Wildman–Crippen LogP) is 2.96. The average Bonchev–Trinajstić information content (AvgIpc) is 2.93. The fraction of sp³-hybridized carbons (Fsp3) is 0.667. The van der Waals surface area contributed by atoms with E-state index in [-0.39, 0.29) is 11.7 Å². The second kappa shape index (κ2) is 6.78. The van der Waals surface area contributed by atoms with Gasteiger partial charge in [-0.3, -0.25) is 4.90 Å². The molecule has 1 N–H and O–H groups in total. The van der Waals surface area contributed by atoms with Crippen molar-refractivity contribution in [3.63, 3.8) is 0 Å². The maximum absolute atomic E-state index is 9.49. The summed E-state index contributed by atoms with van der Waals surface area (Å²) in [7, 11) is 0. The van der Waals surface area contributed by atoms with Crippen LogP contribution in [0.1, 0.15) is 24.8 Å². The lowest BCUT2D eigenvalue weighted by Gasteiger charge is -2.41. The number of aliphatic hydroxyl groups excluding tert-OH is 1. The maximum atomic E-state index is 9.49. The lowest BCUT2D eigenvalue weighted by Crippen LogP contribution is -2.56. The second-order valence-corrected chi connectivity index (χ2v) is 8.96. The summed E-state index contributed by atoms with van der Waals surface area (Å²) in [5, 5.41) is 10.3. The smallest absolute Gasteiger partial charge is 0.0794 e. The number of piperidine rings is 1. The molecule has 1 atom stereocenters. The Morgan fingerprint density at radius 2 is 2.04 bits per heavy atom. The van der Waals surface area contributed by atoms with Crippen LogP contribution in [0.3, 0.4) is 0 Å². The molecular formula is C18H25ClN2O2S. The van der Waals surface area contributed by atoms with Crippen LogP contribution in [0, 0.1) is 6.92 Å². The van der Waals surface area contributed by atoms with Crippen LogP contribution in [-0.2, 0) is 4.74 Å². The predicted molar refractivity (Wildman–Crippen MR) is 97.5 cm³/mol. The van der Waals surface area contributed by atoms with Gasteiger partial charge >= 0.3 is 0 Å². The van der Waals surface area contributed by atoms with Crippen LogP contribution in [0.5, 0.6) is 0 Å². The van der Waals surface area contributed by atoms with Crippen LogP contribution < -0.4 is 0 Å². The third-order valence-corrected chi connectivity index (χ3v) is 7.15. The molecule has 3 saturated heterocycles. The molecular weight excluding hydrogens is 344 g/mol. The zero-order valence-corrected chi connectivity index (χ0v) is 15.7. The van der Waals surface area contributed by atoms with E-state index in [0.717, 1.165) is 62.0 Å². The second-order valence-electron chi connectivity index (χ2n) is 7.41. The quantitative estimate of drug-likeness (QED) is 0.830. The number of β-amino-alcohol motifs (C(OH)–C–C–N with tert-alkyl or cyclic N) is 1. The Labute approximate surface area is 153 Å². The van der Waals surface area contributed by atoms with Gasteiger partial charge in [-0.15, -0.1) is 0 Å². The molecule has 3 fully saturated rings. The number of aryl methyl sites for hydroxylation is 1. The highest BCUT2D eigenvalue weighted by molar-refractivity contribution is 7.97. The van der Waals surface area contributed by atoms with Gasteiger partial charge in [-0.2, -0.15) is 0 Å². The molecule has 4 nitrogen and oxygen atoms in total. The van der Waals surface area contributed by atoms with Crippen molar-refractivity contribution in [1.29, 1.82) is 0 Å². The third kappa shape index (κ3) is 3.48. The Bertz CT molecular complexity index is 601. The summed E-state index contributed by atoms with van der Waals surface area (Å²) >= 11 is 8.13. The number of ether oxygens (including phenoxy) is 1. The molecule has 0 amide bonds. The molecule has 1 aromatic carbocycles. The normalized spacial score (nSPS) is 28.4. The van der Waals surface area contributed by atoms with Gasteiger partial charge in [-0.1, -0.05) is 17.7 Å². The van der Waals surface area contributed by atoms with E-state index in [1.165, 1.54) is 5.56 Å². The first-order valence-corrected chi connectivity index (χ1v) is 9.93. The fourth-order valence-electron chi connectivity index (χ4n) is 3.99. The van der Waals surface area contributed by atoms with Crippen molar-refractivity contribution in [2.45, 2.75) is 48.8 Å². The highest BCUT2D eigenvalue weighted by Crippen LogP contribution is 2.41. The molecule has 0 aromatic heterocycles. The maximum Gasteiger partial charge on any atom is 0.0794 e. The molecule has 0 radical (unpaired) electrons. The van der Waals surface area contributed by atoms with Crippen molar-refractivity contribution in [2.75, 3.05) is 32.8 Å². The summed E-state index contributed by atoms with van der Waals surface area (Å²) in [6.07, 6.45) is 3.15. The Balaban J connectivity index is 1.30. The van der Waals surface area contributed by atoms with Crippen LogP contribution in [-0.4, -0.2) is 64.8 Å². The van der Waals surface area contributed by atoms with E-state index in [0.29, 0.717) is 6.04 Å². The summed E-state index contributed by atoms with van der Waals surface area (Å²) < 4.78 is 8.65. The van der Waals surface area contributed by atoms with Gasteiger partial charge in [0.2, 0.25) is 0 Å². The molecule has 6 heteroatoms. The lowest BCUT2D eigenvalue weighted by atomic mass is 9.87. The monoisotopic (exact) mass is 368 g/mol. The number of likely N-dealkylation sites (tertiary alicyclic amines) is 1. The van der Waals surface area contributed by atoms with Crippen LogP contribution >= 0.6 is 23.5 Å². The molecule has 0 bridgehead atoms. The van der Waals surface area contributed by atoms with E-state index in [1.807, 2.05) is 6.07 Å². The Hall–Kier alpha value is -0.300. The van der Waals surface area contributed by atoms with E-state index < -0.39 is 0 Å². The fourth-order valence-corrected chi connectivity index (χ4v) is 5.25. The zero-order valence-electron chi connectivity index (χ0n) is 14.1. The number of nitrogens with zero attached hydrogens (tertiary/aromatic N) is 2. The number of benzene rings is 1. The van der Waals surface area contributed by atoms with E-state index >= 15 is 0 Å². The molecule has 132 valence electrons. The van der Waals surface area contributed by atoms with E-state index in [4.69, 9.17) is 16.3 Å². The van der Waals surface area contributed by atoms with Crippen molar-refractivity contribution in [2.24, 2.45) is 0 Å². The summed E-state index contributed by atoms with van der Waals surface area (Å²) in [5.74, 6) is 0. The van der Waals surface area contributed by atoms with Gasteiger partial charge in [0.05, 0.1) is 23.3 Å². The minimum absolute atomic E-state index is 0.0549. The lowest BCUT2D eigenvalue weighted by molar-refractivity contribution is -0.0378. The van der Waals surface area contributed by atoms with Crippen LogP contribution in [0.25, 0.3) is 0 Å². The van der Waals surface area contributed by atoms with Gasteiger partial charge in [0, 0.05) is 37.1 Å². The van der Waals surface area contributed by atoms with Crippen molar-refractivity contribution in [3.05, 3.63) is 28.8 Å². The topological polar surface area (TPSA) is 35.9 Å². The minimum Gasteiger partial charge on any atom is -0.390 e. The first-order valence-electron chi connectivity index (χ1n) is 8.78. The number of halogens is 1. The highest BCUT2D eigenvalue weighted by atomic mass is 35.5. The average molecular weight is 369 g/mol. The standard InChI is InChI=1S/C18H25ClN2O2S/c1-13-2-3-17(16(19)8-13)24-21-6-4-18(5-7-21)9-14(12-23-18)20-10-15(22)11-20/h2-3,8,14-15,22H,4-7,9-12H2,1H3. The minimum atomic E-state index is -0.126. The molecule has 1 aromatic rings. The SMILES string of the molecule is Cc1ccc(SN2CCC3(CC2)CC(N2CC(O)C2)CO3)c(Cl)c1. The molecule has 3 heterocycles. The van der Waals surface area contributed by atoms with Crippen molar-refractivity contribution >= 4 is 23.5 Å². The number of rotatable bonds is 3. The van der Waals surface area contributed by atoms with Gasteiger partial charge < -0.3 is 9.84 Å². The molecule has 1 unspecified atom stereocenters. The molecule has 0 saturated carbocycles. The molecule has 0 aliphatic carbocycles. The van der Waals surface area contributed by atoms with Gasteiger partial charge in [0.15, 0.2) is 0 Å². The Morgan fingerprint density at radius 1 is 1.29 bits per heavy atom. The van der Waals surface area contributed by atoms with E-state index in [9.17, 15) is 5.11 Å². The number of hydrogen-bond acceptors (Lipinski definition) is 5. The van der Waals surface area contributed by atoms with Gasteiger partial charge in [0.25, 0.3) is 0 Å². The van der Waals surface area contributed by atoms with E-state index in [2.05, 4.69) is 28.3 Å². The summed E-state index contributed by atoms with van der Waals surface area (Å²) in [4.78, 5) is 3.50. The van der Waals surface area contributed by atoms with Gasteiger partial charge in [0.1, 0.15) is 0 Å². The molecule has 3 aliphatic rings. The Kier molecular flexibility index (Phi) is 4.84. The summed E-state index contributed by atoms with van der Waals surface area (Å²) in [6.45, 7) is 6.59. The third-order valence-electron chi connectivity index (χ3n) is 5.54. The van der Waals surface area contributed by atoms with Crippen molar-refractivity contribution in [3.8, 4) is 0 Å². The first-order chi connectivity index (χ1) is 11.5. The molecule has 4 rings (SSSR count). The van der Waals surface area contributed by atoms with Gasteiger partial charge in [-0.25, -0.2) is 4.31 Å². The Morgan fingerprint density at radius 3 is 2.71 bits per heavy atom. The molecule has 24 heavy (non-hydrogen) atoms. The van der Waals surface area contributed by atoms with Crippen molar-refractivity contribution < 1.29 is 9.84 Å². The van der Waals surface area contributed by atoms with E-state index in [1.54, 1.807) is 11.9 Å². The van der Waals surface area contributed by atoms with Crippen LogP contribution in [0.4, 0.5) is 0 Å². The summed E-state index contributed by atoms with van der Waals surface area (Å²) in [6, 6.07) is 6.76. The summed E-state index contributed by atoms with van der Waals surface area (Å²) in [5.41, 5.74) is 1.25. The first kappa shape index (κ1) is 17.1. The number of hydrogen-bond donors (Lipinski definition) is 1. The zero-order chi connectivity index (χ0) is 16.7. The number of aliphatic hydroxyl groups is 1. The molecule has 1 spiro atoms. The van der Waals surface area contributed by atoms with Crippen LogP contribution in [0.2, 0.25) is 5.02 Å².